The summed E-state index contributed by atoms with van der Waals surface area (Å²) < 4.78 is 38.4. The quantitative estimate of drug-likeness (QED) is 0.467. The second kappa shape index (κ2) is 9.30. The molecule has 0 bridgehead atoms. The van der Waals surface area contributed by atoms with E-state index in [1.54, 1.807) is 44.2 Å². The summed E-state index contributed by atoms with van der Waals surface area (Å²) in [6.45, 7) is 4.39. The van der Waals surface area contributed by atoms with Gasteiger partial charge in [-0.25, -0.2) is 8.42 Å². The molecule has 1 fully saturated rings. The Labute approximate surface area is 195 Å². The topological polar surface area (TPSA) is 103 Å². The molecular weight excluding hydrogens is 474 g/mol. The maximum Gasteiger partial charge on any atom is 0.309 e. The number of aromatic nitrogens is 2. The molecule has 32 heavy (non-hydrogen) atoms. The Hall–Kier alpha value is -2.27. The first-order valence-electron chi connectivity index (χ1n) is 10.2. The van der Waals surface area contributed by atoms with Gasteiger partial charge >= 0.3 is 5.97 Å². The summed E-state index contributed by atoms with van der Waals surface area (Å²) in [6, 6.07) is 8.61. The van der Waals surface area contributed by atoms with Crippen LogP contribution in [0.5, 0.6) is 0 Å². The number of thiophene rings is 1. The number of ether oxygens (including phenoxy) is 1. The SMILES string of the molecule is CCOC(=O)C1CCN(S(=O)(=O)c2cc(-c3nc(-c4ccc(Cl)cc4)no3)sc2C)CC1. The van der Waals surface area contributed by atoms with E-state index in [1.165, 1.54) is 15.6 Å². The number of hydrogen-bond acceptors (Lipinski definition) is 8. The molecule has 8 nitrogen and oxygen atoms in total. The first-order valence-corrected chi connectivity index (χ1v) is 12.8. The van der Waals surface area contributed by atoms with Crippen molar-refractivity contribution in [2.75, 3.05) is 19.7 Å². The Morgan fingerprint density at radius 1 is 1.28 bits per heavy atom. The number of hydrogen-bond donors (Lipinski definition) is 0. The normalized spacial score (nSPS) is 15.7. The number of piperidine rings is 1. The van der Waals surface area contributed by atoms with Gasteiger partial charge in [0.25, 0.3) is 5.89 Å². The van der Waals surface area contributed by atoms with E-state index < -0.39 is 10.0 Å². The Balaban J connectivity index is 1.52. The van der Waals surface area contributed by atoms with Gasteiger partial charge < -0.3 is 9.26 Å². The third kappa shape index (κ3) is 4.59. The molecule has 0 radical (unpaired) electrons. The smallest absolute Gasteiger partial charge is 0.309 e. The van der Waals surface area contributed by atoms with Crippen LogP contribution >= 0.6 is 22.9 Å². The van der Waals surface area contributed by atoms with Crippen molar-refractivity contribution in [1.29, 1.82) is 0 Å². The summed E-state index contributed by atoms with van der Waals surface area (Å²) in [4.78, 5) is 17.8. The van der Waals surface area contributed by atoms with E-state index in [1.807, 2.05) is 0 Å². The Kier molecular flexibility index (Phi) is 6.66. The third-order valence-electron chi connectivity index (χ3n) is 5.30. The van der Waals surface area contributed by atoms with Crippen molar-refractivity contribution in [3.8, 4) is 22.2 Å². The average Bonchev–Trinajstić information content (AvgIpc) is 3.42. The summed E-state index contributed by atoms with van der Waals surface area (Å²) in [5.74, 6) is 0.135. The molecule has 0 saturated carbocycles. The molecule has 0 N–H and O–H groups in total. The van der Waals surface area contributed by atoms with Gasteiger partial charge in [-0.3, -0.25) is 4.79 Å². The maximum absolute atomic E-state index is 13.3. The molecule has 170 valence electrons. The zero-order chi connectivity index (χ0) is 22.9. The molecule has 11 heteroatoms. The van der Waals surface area contributed by atoms with Crippen LogP contribution in [0, 0.1) is 12.8 Å². The second-order valence-corrected chi connectivity index (χ2v) is 11.0. The van der Waals surface area contributed by atoms with Crippen LogP contribution in [0.15, 0.2) is 39.8 Å². The van der Waals surface area contributed by atoms with Crippen molar-refractivity contribution in [3.63, 3.8) is 0 Å². The number of rotatable bonds is 6. The Morgan fingerprint density at radius 2 is 1.97 bits per heavy atom. The maximum atomic E-state index is 13.3. The minimum absolute atomic E-state index is 0.221. The van der Waals surface area contributed by atoms with Crippen LogP contribution in [0.3, 0.4) is 0 Å². The molecule has 1 aliphatic rings. The number of sulfonamides is 1. The highest BCUT2D eigenvalue weighted by Gasteiger charge is 2.34. The monoisotopic (exact) mass is 495 g/mol. The molecule has 0 spiro atoms. The van der Waals surface area contributed by atoms with Crippen molar-refractivity contribution < 1.29 is 22.5 Å². The van der Waals surface area contributed by atoms with Gasteiger partial charge in [0.2, 0.25) is 15.8 Å². The van der Waals surface area contributed by atoms with E-state index >= 15 is 0 Å². The van der Waals surface area contributed by atoms with Crippen molar-refractivity contribution >= 4 is 38.9 Å². The third-order valence-corrected chi connectivity index (χ3v) is 8.75. The second-order valence-electron chi connectivity index (χ2n) is 7.39. The fourth-order valence-electron chi connectivity index (χ4n) is 3.60. The lowest BCUT2D eigenvalue weighted by atomic mass is 9.98. The fourth-order valence-corrected chi connectivity index (χ4v) is 6.68. The number of nitrogens with zero attached hydrogens (tertiary/aromatic N) is 3. The van der Waals surface area contributed by atoms with Crippen LogP contribution in [0.2, 0.25) is 5.02 Å². The summed E-state index contributed by atoms with van der Waals surface area (Å²) in [5.41, 5.74) is 0.745. The molecule has 3 aromatic rings. The number of benzene rings is 1. The number of carbonyl (C=O) groups excluding carboxylic acids is 1. The molecule has 1 saturated heterocycles. The molecule has 1 aromatic carbocycles. The minimum atomic E-state index is -3.70. The van der Waals surface area contributed by atoms with E-state index in [9.17, 15) is 13.2 Å². The van der Waals surface area contributed by atoms with Crippen LogP contribution < -0.4 is 0 Å². The molecular formula is C21H22ClN3O5S2. The summed E-state index contributed by atoms with van der Waals surface area (Å²) in [7, 11) is -3.70. The summed E-state index contributed by atoms with van der Waals surface area (Å²) in [5, 5.41) is 4.60. The fraction of sp³-hybridized carbons (Fsp3) is 0.381. The molecule has 0 aliphatic carbocycles. The van der Waals surface area contributed by atoms with Crippen molar-refractivity contribution in [1.82, 2.24) is 14.4 Å². The van der Waals surface area contributed by atoms with Crippen LogP contribution in [0.25, 0.3) is 22.2 Å². The predicted molar refractivity (Wildman–Crippen MR) is 121 cm³/mol. The number of aryl methyl sites for hydroxylation is 1. The molecule has 0 unspecified atom stereocenters. The van der Waals surface area contributed by atoms with Gasteiger partial charge in [-0.2, -0.15) is 9.29 Å². The Bertz CT molecular complexity index is 1210. The highest BCUT2D eigenvalue weighted by atomic mass is 35.5. The molecule has 1 aliphatic heterocycles. The number of esters is 1. The van der Waals surface area contributed by atoms with Crippen LogP contribution in [-0.4, -0.2) is 48.5 Å². The molecule has 4 rings (SSSR count). The summed E-state index contributed by atoms with van der Waals surface area (Å²) >= 11 is 7.20. The predicted octanol–water partition coefficient (Wildman–Crippen LogP) is 4.39. The van der Waals surface area contributed by atoms with Crippen molar-refractivity contribution in [2.45, 2.75) is 31.6 Å². The van der Waals surface area contributed by atoms with Gasteiger partial charge in [-0.05, 0) is 57.0 Å². The van der Waals surface area contributed by atoms with Gasteiger partial charge in [-0.1, -0.05) is 16.8 Å². The molecule has 2 aromatic heterocycles. The van der Waals surface area contributed by atoms with Gasteiger partial charge in [0.05, 0.1) is 22.3 Å². The summed E-state index contributed by atoms with van der Waals surface area (Å²) in [6.07, 6.45) is 0.893. The molecule has 0 atom stereocenters. The van der Waals surface area contributed by atoms with E-state index in [-0.39, 0.29) is 35.8 Å². The van der Waals surface area contributed by atoms with Crippen LogP contribution in [-0.2, 0) is 19.6 Å². The first-order chi connectivity index (χ1) is 15.3. The zero-order valence-corrected chi connectivity index (χ0v) is 20.0. The lowest BCUT2D eigenvalue weighted by Crippen LogP contribution is -2.40. The number of carbonyl (C=O) groups is 1. The van der Waals surface area contributed by atoms with E-state index in [2.05, 4.69) is 10.1 Å². The van der Waals surface area contributed by atoms with E-state index in [0.717, 1.165) is 5.56 Å². The zero-order valence-electron chi connectivity index (χ0n) is 17.6. The highest BCUT2D eigenvalue weighted by Crippen LogP contribution is 2.36. The van der Waals surface area contributed by atoms with Crippen LogP contribution in [0.1, 0.15) is 24.6 Å². The number of halogens is 1. The first kappa shape index (κ1) is 22.9. The van der Waals surface area contributed by atoms with Gasteiger partial charge in [0, 0.05) is 28.6 Å². The molecule has 3 heterocycles. The molecule has 0 amide bonds. The lowest BCUT2D eigenvalue weighted by Gasteiger charge is -2.30. The van der Waals surface area contributed by atoms with Crippen molar-refractivity contribution in [3.05, 3.63) is 40.2 Å². The standard InChI is InChI=1S/C21H22ClN3O5S2/c1-3-29-21(26)15-8-10-25(11-9-15)32(27,28)18-12-17(31-13(18)2)20-23-19(24-30-20)14-4-6-16(22)7-5-14/h4-7,12,15H,3,8-11H2,1-2H3. The van der Waals surface area contributed by atoms with E-state index in [0.29, 0.717) is 40.0 Å². The largest absolute Gasteiger partial charge is 0.466 e. The van der Waals surface area contributed by atoms with E-state index in [4.69, 9.17) is 20.9 Å². The van der Waals surface area contributed by atoms with Gasteiger partial charge in [0.1, 0.15) is 0 Å². The van der Waals surface area contributed by atoms with Crippen molar-refractivity contribution in [2.24, 2.45) is 5.92 Å². The highest BCUT2D eigenvalue weighted by molar-refractivity contribution is 7.89. The van der Waals surface area contributed by atoms with Crippen LogP contribution in [0.4, 0.5) is 0 Å². The average molecular weight is 496 g/mol. The Morgan fingerprint density at radius 3 is 2.62 bits per heavy atom. The van der Waals surface area contributed by atoms with Gasteiger partial charge in [0.15, 0.2) is 0 Å². The minimum Gasteiger partial charge on any atom is -0.466 e. The van der Waals surface area contributed by atoms with Gasteiger partial charge in [-0.15, -0.1) is 11.3 Å². The lowest BCUT2D eigenvalue weighted by molar-refractivity contribution is -0.149.